The molecule has 1 saturated heterocycles. The first-order valence-corrected chi connectivity index (χ1v) is 8.03. The topological polar surface area (TPSA) is 58.4 Å². The number of anilines is 1. The molecule has 2 amide bonds. The Bertz CT molecular complexity index is 751. The van der Waals surface area contributed by atoms with Gasteiger partial charge in [0.1, 0.15) is 0 Å². The van der Waals surface area contributed by atoms with Gasteiger partial charge in [0.25, 0.3) is 0 Å². The Labute approximate surface area is 141 Å². The minimum absolute atomic E-state index is 0.00168. The summed E-state index contributed by atoms with van der Waals surface area (Å²) in [6.45, 7) is 2.95. The lowest BCUT2D eigenvalue weighted by atomic mass is 10.1. The molecule has 0 spiro atoms. The fraction of sp³-hybridized carbons (Fsp3) is 0.389. The van der Waals surface area contributed by atoms with Gasteiger partial charge in [-0.1, -0.05) is 17.7 Å². The molecule has 0 N–H and O–H groups in total. The number of carbonyl (C=O) groups excluding carboxylic acids is 2. The molecule has 126 valence electrons. The summed E-state index contributed by atoms with van der Waals surface area (Å²) in [7, 11) is 3.62. The van der Waals surface area contributed by atoms with E-state index in [-0.39, 0.29) is 24.2 Å². The van der Waals surface area contributed by atoms with Crippen LogP contribution < -0.4 is 4.90 Å². The Morgan fingerprint density at radius 1 is 1.33 bits per heavy atom. The first kappa shape index (κ1) is 16.2. The fourth-order valence-electron chi connectivity index (χ4n) is 3.06. The minimum atomic E-state index is -0.291. The number of hydrogen-bond acceptors (Lipinski definition) is 3. The highest BCUT2D eigenvalue weighted by Crippen LogP contribution is 2.26. The van der Waals surface area contributed by atoms with Crippen molar-refractivity contribution in [3.05, 3.63) is 47.8 Å². The van der Waals surface area contributed by atoms with Crippen molar-refractivity contribution in [2.24, 2.45) is 13.0 Å². The van der Waals surface area contributed by atoms with Crippen LogP contribution in [-0.4, -0.2) is 40.1 Å². The highest BCUT2D eigenvalue weighted by molar-refractivity contribution is 6.00. The van der Waals surface area contributed by atoms with Crippen molar-refractivity contribution in [1.29, 1.82) is 0 Å². The number of carbonyl (C=O) groups is 2. The molecule has 1 aromatic heterocycles. The van der Waals surface area contributed by atoms with E-state index >= 15 is 0 Å². The van der Waals surface area contributed by atoms with Crippen LogP contribution in [0.1, 0.15) is 17.5 Å². The highest BCUT2D eigenvalue weighted by Gasteiger charge is 2.36. The van der Waals surface area contributed by atoms with Crippen LogP contribution in [0.2, 0.25) is 0 Å². The van der Waals surface area contributed by atoms with Gasteiger partial charge in [-0.3, -0.25) is 14.3 Å². The van der Waals surface area contributed by atoms with E-state index < -0.39 is 0 Å². The van der Waals surface area contributed by atoms with E-state index in [4.69, 9.17) is 0 Å². The molecule has 6 heteroatoms. The van der Waals surface area contributed by atoms with Gasteiger partial charge >= 0.3 is 0 Å². The molecule has 1 unspecified atom stereocenters. The number of rotatable bonds is 4. The average Bonchev–Trinajstić information content (AvgIpc) is 3.13. The van der Waals surface area contributed by atoms with Crippen LogP contribution >= 0.6 is 0 Å². The summed E-state index contributed by atoms with van der Waals surface area (Å²) >= 11 is 0. The third kappa shape index (κ3) is 3.32. The maximum atomic E-state index is 12.7. The van der Waals surface area contributed by atoms with Crippen molar-refractivity contribution >= 4 is 17.5 Å². The Hall–Kier alpha value is -2.63. The number of benzene rings is 1. The SMILES string of the molecule is Cc1ccc(N2CC(C(=O)N(C)Cc3cnn(C)c3)CC2=O)cc1. The second-order valence-corrected chi connectivity index (χ2v) is 6.46. The van der Waals surface area contributed by atoms with Gasteiger partial charge in [-0.2, -0.15) is 5.10 Å². The molecule has 0 bridgehead atoms. The van der Waals surface area contributed by atoms with E-state index in [9.17, 15) is 9.59 Å². The molecule has 1 atom stereocenters. The predicted molar refractivity (Wildman–Crippen MR) is 91.3 cm³/mol. The molecule has 3 rings (SSSR count). The zero-order chi connectivity index (χ0) is 17.3. The Kier molecular flexibility index (Phi) is 4.38. The lowest BCUT2D eigenvalue weighted by Crippen LogP contribution is -2.34. The smallest absolute Gasteiger partial charge is 0.228 e. The minimum Gasteiger partial charge on any atom is -0.341 e. The summed E-state index contributed by atoms with van der Waals surface area (Å²) in [5.74, 6) is -0.283. The zero-order valence-corrected chi connectivity index (χ0v) is 14.3. The van der Waals surface area contributed by atoms with Gasteiger partial charge in [0.15, 0.2) is 0 Å². The van der Waals surface area contributed by atoms with Gasteiger partial charge in [-0.25, -0.2) is 0 Å². The lowest BCUT2D eigenvalue weighted by Gasteiger charge is -2.21. The quantitative estimate of drug-likeness (QED) is 0.860. The van der Waals surface area contributed by atoms with E-state index in [0.717, 1.165) is 16.8 Å². The van der Waals surface area contributed by atoms with Crippen LogP contribution in [0.5, 0.6) is 0 Å². The van der Waals surface area contributed by atoms with Gasteiger partial charge < -0.3 is 9.80 Å². The van der Waals surface area contributed by atoms with E-state index in [1.807, 2.05) is 44.4 Å². The monoisotopic (exact) mass is 326 g/mol. The summed E-state index contributed by atoms with van der Waals surface area (Å²) < 4.78 is 1.71. The molecular formula is C18H22N4O2. The number of aryl methyl sites for hydroxylation is 2. The normalized spacial score (nSPS) is 17.4. The zero-order valence-electron chi connectivity index (χ0n) is 14.3. The molecule has 1 fully saturated rings. The van der Waals surface area contributed by atoms with Crippen molar-refractivity contribution in [3.8, 4) is 0 Å². The van der Waals surface area contributed by atoms with Crippen molar-refractivity contribution in [2.75, 3.05) is 18.5 Å². The average molecular weight is 326 g/mol. The molecule has 1 aromatic carbocycles. The van der Waals surface area contributed by atoms with Crippen molar-refractivity contribution in [1.82, 2.24) is 14.7 Å². The van der Waals surface area contributed by atoms with Gasteiger partial charge in [0, 0.05) is 51.1 Å². The first-order valence-electron chi connectivity index (χ1n) is 8.03. The molecule has 0 radical (unpaired) electrons. The van der Waals surface area contributed by atoms with Crippen LogP contribution in [0.3, 0.4) is 0 Å². The molecule has 2 heterocycles. The van der Waals surface area contributed by atoms with Crippen molar-refractivity contribution in [3.63, 3.8) is 0 Å². The molecule has 1 aliphatic rings. The Morgan fingerprint density at radius 3 is 2.67 bits per heavy atom. The summed E-state index contributed by atoms with van der Waals surface area (Å²) in [6.07, 6.45) is 3.91. The van der Waals surface area contributed by atoms with Crippen LogP contribution in [0.15, 0.2) is 36.7 Å². The summed E-state index contributed by atoms with van der Waals surface area (Å²) in [5, 5.41) is 4.11. The maximum Gasteiger partial charge on any atom is 0.228 e. The third-order valence-electron chi connectivity index (χ3n) is 4.37. The summed E-state index contributed by atoms with van der Waals surface area (Å²) in [6, 6.07) is 7.82. The second kappa shape index (κ2) is 6.47. The largest absolute Gasteiger partial charge is 0.341 e. The van der Waals surface area contributed by atoms with Gasteiger partial charge in [0.05, 0.1) is 12.1 Å². The van der Waals surface area contributed by atoms with Crippen molar-refractivity contribution in [2.45, 2.75) is 19.9 Å². The molecule has 6 nitrogen and oxygen atoms in total. The Balaban J connectivity index is 1.66. The summed E-state index contributed by atoms with van der Waals surface area (Å²) in [4.78, 5) is 28.3. The molecular weight excluding hydrogens is 304 g/mol. The number of hydrogen-bond donors (Lipinski definition) is 0. The second-order valence-electron chi connectivity index (χ2n) is 6.46. The predicted octanol–water partition coefficient (Wildman–Crippen LogP) is 1.74. The lowest BCUT2D eigenvalue weighted by molar-refractivity contribution is -0.135. The van der Waals surface area contributed by atoms with E-state index in [2.05, 4.69) is 5.10 Å². The number of aromatic nitrogens is 2. The van der Waals surface area contributed by atoms with Crippen LogP contribution in [0.25, 0.3) is 0 Å². The van der Waals surface area contributed by atoms with Crippen molar-refractivity contribution < 1.29 is 9.59 Å². The van der Waals surface area contributed by atoms with Crippen LogP contribution in [0, 0.1) is 12.8 Å². The summed E-state index contributed by atoms with van der Waals surface area (Å²) in [5.41, 5.74) is 2.98. The highest BCUT2D eigenvalue weighted by atomic mass is 16.2. The van der Waals surface area contributed by atoms with E-state index in [1.54, 1.807) is 27.7 Å². The molecule has 2 aromatic rings. The van der Waals surface area contributed by atoms with Gasteiger partial charge in [-0.15, -0.1) is 0 Å². The van der Waals surface area contributed by atoms with Gasteiger partial charge in [-0.05, 0) is 19.1 Å². The maximum absolute atomic E-state index is 12.7. The molecule has 0 aliphatic carbocycles. The molecule has 0 saturated carbocycles. The first-order chi connectivity index (χ1) is 11.4. The van der Waals surface area contributed by atoms with Crippen LogP contribution in [0.4, 0.5) is 5.69 Å². The number of amides is 2. The number of nitrogens with zero attached hydrogens (tertiary/aromatic N) is 4. The Morgan fingerprint density at radius 2 is 2.04 bits per heavy atom. The van der Waals surface area contributed by atoms with Crippen LogP contribution in [-0.2, 0) is 23.2 Å². The third-order valence-corrected chi connectivity index (χ3v) is 4.37. The fourth-order valence-corrected chi connectivity index (χ4v) is 3.06. The molecule has 1 aliphatic heterocycles. The standard InChI is InChI=1S/C18H22N4O2/c1-13-4-6-16(7-5-13)22-12-15(8-17(22)23)18(24)20(2)10-14-9-19-21(3)11-14/h4-7,9,11,15H,8,10,12H2,1-3H3. The molecule has 24 heavy (non-hydrogen) atoms. The van der Waals surface area contributed by atoms with E-state index in [0.29, 0.717) is 13.1 Å². The van der Waals surface area contributed by atoms with Gasteiger partial charge in [0.2, 0.25) is 11.8 Å². The van der Waals surface area contributed by atoms with E-state index in [1.165, 1.54) is 0 Å².